The zero-order valence-electron chi connectivity index (χ0n) is 12.5. The lowest BCUT2D eigenvalue weighted by molar-refractivity contribution is -0.125. The molecule has 0 aliphatic carbocycles. The van der Waals surface area contributed by atoms with Crippen LogP contribution in [-0.2, 0) is 25.6 Å². The van der Waals surface area contributed by atoms with Crippen molar-refractivity contribution in [3.8, 4) is 0 Å². The van der Waals surface area contributed by atoms with Crippen LogP contribution < -0.4 is 5.32 Å². The summed E-state index contributed by atoms with van der Waals surface area (Å²) in [6, 6.07) is -0.598. The summed E-state index contributed by atoms with van der Waals surface area (Å²) in [6.45, 7) is 3.14. The molecule has 2 N–H and O–H groups in total. The first-order chi connectivity index (χ1) is 8.95. The smallest absolute Gasteiger partial charge is 0.224 e. The molecule has 0 fully saturated rings. The van der Waals surface area contributed by atoms with Gasteiger partial charge in [-0.2, -0.15) is 0 Å². The summed E-state index contributed by atoms with van der Waals surface area (Å²) in [5.74, 6) is -0.491. The summed E-state index contributed by atoms with van der Waals surface area (Å²) in [4.78, 5) is 11.8. The number of carbonyl (C=O) groups is 1. The SMILES string of the molecule is CC(CS(C)=O)C(=O)N[C@@H](C)[C@H](O)CN(C)S(C)(=O)=O. The maximum Gasteiger partial charge on any atom is 0.224 e. The highest BCUT2D eigenvalue weighted by molar-refractivity contribution is 7.88. The van der Waals surface area contributed by atoms with Gasteiger partial charge in [-0.05, 0) is 6.92 Å². The van der Waals surface area contributed by atoms with Crippen molar-refractivity contribution >= 4 is 26.7 Å². The molecule has 0 aliphatic rings. The maximum atomic E-state index is 11.8. The van der Waals surface area contributed by atoms with Gasteiger partial charge in [-0.15, -0.1) is 0 Å². The van der Waals surface area contributed by atoms with Crippen LogP contribution in [0.25, 0.3) is 0 Å². The molecule has 0 aliphatic heterocycles. The Bertz CT molecular complexity index is 452. The first-order valence-corrected chi connectivity index (χ1v) is 9.72. The summed E-state index contributed by atoms with van der Waals surface area (Å²) in [7, 11) is -3.09. The molecule has 0 rings (SSSR count). The number of hydrogen-bond acceptors (Lipinski definition) is 5. The van der Waals surface area contributed by atoms with Gasteiger partial charge in [0.05, 0.1) is 18.4 Å². The summed E-state index contributed by atoms with van der Waals surface area (Å²) in [5.41, 5.74) is 0. The minimum absolute atomic E-state index is 0.103. The fourth-order valence-electron chi connectivity index (χ4n) is 1.45. The van der Waals surface area contributed by atoms with Crippen molar-refractivity contribution in [3.05, 3.63) is 0 Å². The standard InChI is InChI=1S/C11H24N2O5S2/c1-8(7-19(4)16)11(15)12-9(2)10(14)6-13(3)20(5,17)18/h8-10,14H,6-7H2,1-5H3,(H,12,15)/t8?,9-,10+,19?/m0/s1. The molecule has 0 aromatic carbocycles. The monoisotopic (exact) mass is 328 g/mol. The van der Waals surface area contributed by atoms with Crippen molar-refractivity contribution in [2.75, 3.05) is 31.9 Å². The summed E-state index contributed by atoms with van der Waals surface area (Å²) < 4.78 is 34.5. The van der Waals surface area contributed by atoms with Crippen LogP contribution in [0.15, 0.2) is 0 Å². The summed E-state index contributed by atoms with van der Waals surface area (Å²) in [6.07, 6.45) is 1.54. The number of nitrogens with one attached hydrogen (secondary N) is 1. The van der Waals surface area contributed by atoms with E-state index in [9.17, 15) is 22.5 Å². The van der Waals surface area contributed by atoms with E-state index in [-0.39, 0.29) is 18.2 Å². The van der Waals surface area contributed by atoms with Crippen molar-refractivity contribution in [1.29, 1.82) is 0 Å². The predicted molar refractivity (Wildman–Crippen MR) is 79.2 cm³/mol. The van der Waals surface area contributed by atoms with Crippen molar-refractivity contribution in [1.82, 2.24) is 9.62 Å². The van der Waals surface area contributed by atoms with Crippen molar-refractivity contribution in [2.45, 2.75) is 26.0 Å². The predicted octanol–water partition coefficient (Wildman–Crippen LogP) is -1.24. The molecular weight excluding hydrogens is 304 g/mol. The number of hydrogen-bond donors (Lipinski definition) is 2. The van der Waals surface area contributed by atoms with Crippen LogP contribution >= 0.6 is 0 Å². The van der Waals surface area contributed by atoms with Crippen LogP contribution in [0.1, 0.15) is 13.8 Å². The summed E-state index contributed by atoms with van der Waals surface area (Å²) >= 11 is 0. The Kier molecular flexibility index (Phi) is 7.85. The largest absolute Gasteiger partial charge is 0.390 e. The van der Waals surface area contributed by atoms with Crippen LogP contribution in [0.5, 0.6) is 0 Å². The van der Waals surface area contributed by atoms with E-state index in [1.165, 1.54) is 13.3 Å². The Morgan fingerprint density at radius 3 is 2.30 bits per heavy atom. The van der Waals surface area contributed by atoms with Crippen LogP contribution in [0.4, 0.5) is 0 Å². The highest BCUT2D eigenvalue weighted by atomic mass is 32.2. The second-order valence-corrected chi connectivity index (χ2v) is 8.62. The average molecular weight is 328 g/mol. The second kappa shape index (κ2) is 8.06. The third-order valence-electron chi connectivity index (χ3n) is 2.89. The van der Waals surface area contributed by atoms with Gasteiger partial charge >= 0.3 is 0 Å². The van der Waals surface area contributed by atoms with Gasteiger partial charge in [0.25, 0.3) is 0 Å². The highest BCUT2D eigenvalue weighted by Crippen LogP contribution is 2.03. The molecular formula is C11H24N2O5S2. The molecule has 0 bridgehead atoms. The molecule has 1 amide bonds. The Morgan fingerprint density at radius 1 is 1.40 bits per heavy atom. The number of nitrogens with zero attached hydrogens (tertiary/aromatic N) is 1. The minimum atomic E-state index is -3.37. The first kappa shape index (κ1) is 19.5. The number of amides is 1. The van der Waals surface area contributed by atoms with Gasteiger partial charge in [-0.1, -0.05) is 6.92 Å². The van der Waals surface area contributed by atoms with Crippen LogP contribution in [0, 0.1) is 5.92 Å². The minimum Gasteiger partial charge on any atom is -0.390 e. The molecule has 0 aromatic heterocycles. The van der Waals surface area contributed by atoms with Crippen LogP contribution in [0.3, 0.4) is 0 Å². The quantitative estimate of drug-likeness (QED) is 0.580. The topological polar surface area (TPSA) is 104 Å². The van der Waals surface area contributed by atoms with Gasteiger partial charge in [-0.3, -0.25) is 9.00 Å². The fourth-order valence-corrected chi connectivity index (χ4v) is 2.73. The molecule has 0 spiro atoms. The number of rotatable bonds is 8. The molecule has 120 valence electrons. The number of aliphatic hydroxyl groups excluding tert-OH is 1. The molecule has 0 aromatic rings. The van der Waals surface area contributed by atoms with Crippen molar-refractivity contribution in [2.24, 2.45) is 5.92 Å². The number of carbonyl (C=O) groups excluding carboxylic acids is 1. The Hall–Kier alpha value is -0.510. The maximum absolute atomic E-state index is 11.8. The van der Waals surface area contributed by atoms with E-state index in [1.54, 1.807) is 13.8 Å². The lowest BCUT2D eigenvalue weighted by Gasteiger charge is -2.25. The third-order valence-corrected chi connectivity index (χ3v) is 5.14. The third kappa shape index (κ3) is 7.32. The lowest BCUT2D eigenvalue weighted by atomic mass is 10.1. The number of aliphatic hydroxyl groups is 1. The Balaban J connectivity index is 4.43. The Morgan fingerprint density at radius 2 is 1.90 bits per heavy atom. The van der Waals surface area contributed by atoms with Gasteiger partial charge in [-0.25, -0.2) is 12.7 Å². The molecule has 0 heterocycles. The number of likely N-dealkylation sites (N-methyl/N-ethyl adjacent to an activating group) is 1. The molecule has 0 radical (unpaired) electrons. The molecule has 9 heteroatoms. The molecule has 0 saturated heterocycles. The molecule has 7 nitrogen and oxygen atoms in total. The second-order valence-electron chi connectivity index (χ2n) is 5.05. The molecule has 0 saturated carbocycles. The van der Waals surface area contributed by atoms with Gasteiger partial charge in [0, 0.05) is 42.3 Å². The molecule has 4 atom stereocenters. The average Bonchev–Trinajstić information content (AvgIpc) is 2.26. The number of sulfonamides is 1. The van der Waals surface area contributed by atoms with E-state index in [4.69, 9.17) is 0 Å². The van der Waals surface area contributed by atoms with E-state index in [0.717, 1.165) is 10.6 Å². The zero-order chi connectivity index (χ0) is 16.1. The van der Waals surface area contributed by atoms with E-state index in [2.05, 4.69) is 5.32 Å². The van der Waals surface area contributed by atoms with Gasteiger partial charge in [0.1, 0.15) is 0 Å². The summed E-state index contributed by atoms with van der Waals surface area (Å²) in [5, 5.41) is 12.5. The van der Waals surface area contributed by atoms with Crippen LogP contribution in [0.2, 0.25) is 0 Å². The van der Waals surface area contributed by atoms with Gasteiger partial charge in [0.2, 0.25) is 15.9 Å². The zero-order valence-corrected chi connectivity index (χ0v) is 14.1. The fraction of sp³-hybridized carbons (Fsp3) is 0.909. The lowest BCUT2D eigenvalue weighted by Crippen LogP contribution is -2.48. The molecule has 20 heavy (non-hydrogen) atoms. The van der Waals surface area contributed by atoms with Crippen LogP contribution in [-0.4, -0.2) is 71.9 Å². The normalized spacial score (nSPS) is 18.4. The van der Waals surface area contributed by atoms with E-state index < -0.39 is 38.9 Å². The molecule has 2 unspecified atom stereocenters. The van der Waals surface area contributed by atoms with E-state index >= 15 is 0 Å². The first-order valence-electron chi connectivity index (χ1n) is 6.15. The van der Waals surface area contributed by atoms with Crippen molar-refractivity contribution in [3.63, 3.8) is 0 Å². The van der Waals surface area contributed by atoms with E-state index in [1.807, 2.05) is 0 Å². The van der Waals surface area contributed by atoms with Gasteiger partial charge in [0.15, 0.2) is 0 Å². The highest BCUT2D eigenvalue weighted by Gasteiger charge is 2.24. The van der Waals surface area contributed by atoms with Gasteiger partial charge < -0.3 is 10.4 Å². The van der Waals surface area contributed by atoms with E-state index in [0.29, 0.717) is 0 Å². The Labute approximate surface area is 123 Å². The van der Waals surface area contributed by atoms with Crippen molar-refractivity contribution < 1.29 is 22.5 Å².